The van der Waals surface area contributed by atoms with E-state index in [1.807, 2.05) is 6.92 Å². The van der Waals surface area contributed by atoms with E-state index in [1.165, 1.54) is 28.8 Å². The van der Waals surface area contributed by atoms with Gasteiger partial charge in [0.15, 0.2) is 0 Å². The summed E-state index contributed by atoms with van der Waals surface area (Å²) in [6.45, 7) is 1.83. The van der Waals surface area contributed by atoms with Crippen molar-refractivity contribution in [2.75, 3.05) is 7.11 Å². The molecule has 0 bridgehead atoms. The Morgan fingerprint density at radius 1 is 1.08 bits per heavy atom. The van der Waals surface area contributed by atoms with E-state index in [2.05, 4.69) is 0 Å². The van der Waals surface area contributed by atoms with Gasteiger partial charge in [-0.2, -0.15) is 0 Å². The van der Waals surface area contributed by atoms with Crippen molar-refractivity contribution in [2.45, 2.75) is 13.0 Å². The van der Waals surface area contributed by atoms with Crippen LogP contribution in [0.3, 0.4) is 0 Å². The number of hydrogen-bond acceptors (Lipinski definition) is 3. The molecule has 0 saturated carbocycles. The molecule has 25 heavy (non-hydrogen) atoms. The largest absolute Gasteiger partial charge is 0.497 e. The first-order valence-electron chi connectivity index (χ1n) is 7.80. The van der Waals surface area contributed by atoms with Crippen LogP contribution in [0.25, 0.3) is 0 Å². The van der Waals surface area contributed by atoms with Gasteiger partial charge in [-0.15, -0.1) is 0 Å². The van der Waals surface area contributed by atoms with Gasteiger partial charge in [0.25, 0.3) is 5.91 Å². The number of rotatable bonds is 4. The maximum absolute atomic E-state index is 13.0. The third-order valence-corrected chi connectivity index (χ3v) is 4.12. The van der Waals surface area contributed by atoms with Crippen molar-refractivity contribution in [1.82, 2.24) is 4.57 Å². The van der Waals surface area contributed by atoms with Crippen LogP contribution in [0.2, 0.25) is 0 Å². The van der Waals surface area contributed by atoms with Crippen LogP contribution in [-0.2, 0) is 0 Å². The smallest absolute Gasteiger partial charge is 0.261 e. The lowest BCUT2D eigenvalue weighted by Crippen LogP contribution is -2.10. The molecule has 1 unspecified atom stereocenters. The van der Waals surface area contributed by atoms with E-state index in [0.29, 0.717) is 22.4 Å². The SMILES string of the molecule is COc1ccc(C(O)c2cn(C(=O)c3ccc(F)cc3)cc2C)cc1. The molecule has 4 nitrogen and oxygen atoms in total. The zero-order valence-corrected chi connectivity index (χ0v) is 13.9. The number of methoxy groups -OCH3 is 1. The molecule has 0 fully saturated rings. The van der Waals surface area contributed by atoms with E-state index in [-0.39, 0.29) is 5.91 Å². The van der Waals surface area contributed by atoms with Crippen LogP contribution in [0.1, 0.15) is 33.2 Å². The number of hydrogen-bond donors (Lipinski definition) is 1. The lowest BCUT2D eigenvalue weighted by molar-refractivity contribution is 0.0959. The highest BCUT2D eigenvalue weighted by Crippen LogP contribution is 2.27. The van der Waals surface area contributed by atoms with Crippen molar-refractivity contribution in [2.24, 2.45) is 0 Å². The summed E-state index contributed by atoms with van der Waals surface area (Å²) < 4.78 is 19.5. The Morgan fingerprint density at radius 3 is 2.32 bits per heavy atom. The molecule has 2 aromatic carbocycles. The molecule has 1 N–H and O–H groups in total. The molecule has 0 radical (unpaired) electrons. The molecule has 0 saturated heterocycles. The Bertz CT molecular complexity index is 882. The number of aliphatic hydroxyl groups is 1. The number of ether oxygens (including phenoxy) is 1. The normalized spacial score (nSPS) is 12.0. The van der Waals surface area contributed by atoms with Crippen LogP contribution in [0.4, 0.5) is 4.39 Å². The number of halogens is 1. The van der Waals surface area contributed by atoms with Crippen molar-refractivity contribution in [1.29, 1.82) is 0 Å². The number of carbonyl (C=O) groups excluding carboxylic acids is 1. The summed E-state index contributed by atoms with van der Waals surface area (Å²) in [5.74, 6) is 0.0314. The zero-order chi connectivity index (χ0) is 18.0. The first-order chi connectivity index (χ1) is 12.0. The minimum atomic E-state index is -0.854. The van der Waals surface area contributed by atoms with Crippen molar-refractivity contribution in [3.63, 3.8) is 0 Å². The fourth-order valence-corrected chi connectivity index (χ4v) is 2.68. The molecule has 0 spiro atoms. The van der Waals surface area contributed by atoms with Gasteiger partial charge < -0.3 is 9.84 Å². The fourth-order valence-electron chi connectivity index (χ4n) is 2.68. The average Bonchev–Trinajstić information content (AvgIpc) is 3.03. The summed E-state index contributed by atoms with van der Waals surface area (Å²) in [5, 5.41) is 10.6. The maximum atomic E-state index is 13.0. The number of aliphatic hydroxyl groups excluding tert-OH is 1. The fraction of sp³-hybridized carbons (Fsp3) is 0.150. The van der Waals surface area contributed by atoms with Gasteiger partial charge in [-0.25, -0.2) is 4.39 Å². The van der Waals surface area contributed by atoms with Crippen LogP contribution in [0.15, 0.2) is 60.9 Å². The van der Waals surface area contributed by atoms with Crippen LogP contribution in [0.5, 0.6) is 5.75 Å². The Labute approximate surface area is 145 Å². The predicted octanol–water partition coefficient (Wildman–Crippen LogP) is 3.71. The molecular formula is C20H18FNO3. The second kappa shape index (κ2) is 6.91. The third-order valence-electron chi connectivity index (χ3n) is 4.12. The molecule has 3 aromatic rings. The number of aryl methyl sites for hydroxylation is 1. The van der Waals surface area contributed by atoms with Gasteiger partial charge in [-0.3, -0.25) is 9.36 Å². The predicted molar refractivity (Wildman–Crippen MR) is 92.4 cm³/mol. The molecule has 0 aliphatic carbocycles. The lowest BCUT2D eigenvalue weighted by Gasteiger charge is -2.11. The Morgan fingerprint density at radius 2 is 1.72 bits per heavy atom. The van der Waals surface area contributed by atoms with Crippen LogP contribution >= 0.6 is 0 Å². The molecule has 0 aliphatic rings. The van der Waals surface area contributed by atoms with Crippen molar-refractivity contribution >= 4 is 5.91 Å². The third kappa shape index (κ3) is 3.46. The number of carbonyl (C=O) groups is 1. The number of aromatic nitrogens is 1. The van der Waals surface area contributed by atoms with Gasteiger partial charge in [-0.05, 0) is 54.4 Å². The lowest BCUT2D eigenvalue weighted by atomic mass is 10.0. The first-order valence-corrected chi connectivity index (χ1v) is 7.80. The molecule has 1 heterocycles. The number of nitrogens with zero attached hydrogens (tertiary/aromatic N) is 1. The van der Waals surface area contributed by atoms with Gasteiger partial charge in [0.1, 0.15) is 17.7 Å². The molecule has 5 heteroatoms. The highest BCUT2D eigenvalue weighted by Gasteiger charge is 2.18. The van der Waals surface area contributed by atoms with E-state index in [4.69, 9.17) is 4.74 Å². The molecular weight excluding hydrogens is 321 g/mol. The second-order valence-electron chi connectivity index (χ2n) is 5.79. The second-order valence-corrected chi connectivity index (χ2v) is 5.79. The Kier molecular flexibility index (Phi) is 4.67. The summed E-state index contributed by atoms with van der Waals surface area (Å²) in [5.41, 5.74) is 2.51. The molecule has 0 aliphatic heterocycles. The van der Waals surface area contributed by atoms with E-state index >= 15 is 0 Å². The minimum Gasteiger partial charge on any atom is -0.497 e. The van der Waals surface area contributed by atoms with Gasteiger partial charge in [0.2, 0.25) is 0 Å². The highest BCUT2D eigenvalue weighted by atomic mass is 19.1. The Hall–Kier alpha value is -2.92. The standard InChI is InChI=1S/C20H18FNO3/c1-13-11-22(20(24)15-3-7-16(21)8-4-15)12-18(13)19(23)14-5-9-17(25-2)10-6-14/h3-12,19,23H,1-2H3. The van der Waals surface area contributed by atoms with Crippen LogP contribution in [0, 0.1) is 12.7 Å². The van der Waals surface area contributed by atoms with Gasteiger partial charge in [-0.1, -0.05) is 12.1 Å². The minimum absolute atomic E-state index is 0.281. The molecule has 0 amide bonds. The van der Waals surface area contributed by atoms with E-state index in [1.54, 1.807) is 43.8 Å². The molecule has 128 valence electrons. The van der Waals surface area contributed by atoms with Crippen molar-refractivity contribution in [3.8, 4) is 5.75 Å². The maximum Gasteiger partial charge on any atom is 0.261 e. The topological polar surface area (TPSA) is 51.5 Å². The molecule has 1 atom stereocenters. The van der Waals surface area contributed by atoms with E-state index in [9.17, 15) is 14.3 Å². The summed E-state index contributed by atoms with van der Waals surface area (Å²) in [6, 6.07) is 12.5. The van der Waals surface area contributed by atoms with Crippen LogP contribution in [-0.4, -0.2) is 22.7 Å². The summed E-state index contributed by atoms with van der Waals surface area (Å²) in [4.78, 5) is 12.5. The van der Waals surface area contributed by atoms with Gasteiger partial charge in [0.05, 0.1) is 7.11 Å². The Balaban J connectivity index is 1.88. The van der Waals surface area contributed by atoms with E-state index in [0.717, 1.165) is 5.56 Å². The summed E-state index contributed by atoms with van der Waals surface area (Å²) in [7, 11) is 1.58. The summed E-state index contributed by atoms with van der Waals surface area (Å²) in [6.07, 6.45) is 2.41. The van der Waals surface area contributed by atoms with Gasteiger partial charge >= 0.3 is 0 Å². The first kappa shape index (κ1) is 16.9. The number of benzene rings is 2. The van der Waals surface area contributed by atoms with Gasteiger partial charge in [0, 0.05) is 23.5 Å². The highest BCUT2D eigenvalue weighted by molar-refractivity contribution is 5.96. The van der Waals surface area contributed by atoms with Crippen molar-refractivity contribution < 1.29 is 19.0 Å². The zero-order valence-electron chi connectivity index (χ0n) is 13.9. The molecule has 1 aromatic heterocycles. The van der Waals surface area contributed by atoms with Crippen molar-refractivity contribution in [3.05, 3.63) is 89.0 Å². The van der Waals surface area contributed by atoms with E-state index < -0.39 is 11.9 Å². The molecule has 3 rings (SSSR count). The average molecular weight is 339 g/mol. The van der Waals surface area contributed by atoms with Crippen LogP contribution < -0.4 is 4.74 Å². The quantitative estimate of drug-likeness (QED) is 0.788. The summed E-state index contributed by atoms with van der Waals surface area (Å²) >= 11 is 0. The monoisotopic (exact) mass is 339 g/mol.